The first kappa shape index (κ1) is 25.6. The standard InChI is InChI=1S/C24H33N3O6/c1-5-8-11-33-20-10-9-17(13-18(20)23(28)30-4)27-24(29)26-15-16-12-22(32-7-3)19(25)14-21(16)31-6-2/h9-10,12-14H,5-8,11,15,25H2,1-4H3,(H2,26,27,29). The van der Waals surface area contributed by atoms with E-state index in [1.165, 1.54) is 13.2 Å². The van der Waals surface area contributed by atoms with Gasteiger partial charge in [0.05, 0.1) is 32.6 Å². The molecule has 0 spiro atoms. The summed E-state index contributed by atoms with van der Waals surface area (Å²) in [6.45, 7) is 7.37. The van der Waals surface area contributed by atoms with E-state index in [1.807, 2.05) is 13.8 Å². The van der Waals surface area contributed by atoms with Crippen LogP contribution in [0.4, 0.5) is 16.2 Å². The van der Waals surface area contributed by atoms with Gasteiger partial charge in [-0.2, -0.15) is 0 Å². The van der Waals surface area contributed by atoms with Crippen LogP contribution in [0.15, 0.2) is 30.3 Å². The molecule has 180 valence electrons. The average molecular weight is 460 g/mol. The van der Waals surface area contributed by atoms with Crippen molar-refractivity contribution < 1.29 is 28.5 Å². The molecule has 0 aliphatic carbocycles. The van der Waals surface area contributed by atoms with E-state index < -0.39 is 12.0 Å². The predicted molar refractivity (Wildman–Crippen MR) is 127 cm³/mol. The predicted octanol–water partition coefficient (Wildman–Crippen LogP) is 4.35. The Balaban J connectivity index is 2.11. The SMILES string of the molecule is CCCCOc1ccc(NC(=O)NCc2cc(OCC)c(N)cc2OCC)cc1C(=O)OC. The molecular formula is C24H33N3O6. The number of unbranched alkanes of at least 4 members (excludes halogenated alkanes) is 1. The van der Waals surface area contributed by atoms with E-state index in [-0.39, 0.29) is 12.1 Å². The molecule has 0 heterocycles. The summed E-state index contributed by atoms with van der Waals surface area (Å²) in [5.74, 6) is 0.963. The van der Waals surface area contributed by atoms with Crippen LogP contribution in [0.25, 0.3) is 0 Å². The monoisotopic (exact) mass is 459 g/mol. The Kier molecular flexibility index (Phi) is 10.1. The number of rotatable bonds is 12. The van der Waals surface area contributed by atoms with Gasteiger partial charge in [-0.15, -0.1) is 0 Å². The van der Waals surface area contributed by atoms with E-state index >= 15 is 0 Å². The van der Waals surface area contributed by atoms with Crippen molar-refractivity contribution in [1.29, 1.82) is 0 Å². The quantitative estimate of drug-likeness (QED) is 0.245. The molecule has 4 N–H and O–H groups in total. The van der Waals surface area contributed by atoms with Gasteiger partial charge in [-0.3, -0.25) is 0 Å². The number of hydrogen-bond acceptors (Lipinski definition) is 7. The van der Waals surface area contributed by atoms with Crippen molar-refractivity contribution >= 4 is 23.4 Å². The summed E-state index contributed by atoms with van der Waals surface area (Å²) in [7, 11) is 1.30. The molecule has 0 aliphatic rings. The number of methoxy groups -OCH3 is 1. The second-order valence-corrected chi connectivity index (χ2v) is 7.08. The molecule has 9 heteroatoms. The number of carbonyl (C=O) groups excluding carboxylic acids is 2. The number of ether oxygens (including phenoxy) is 4. The molecule has 0 saturated heterocycles. The number of anilines is 2. The van der Waals surface area contributed by atoms with Crippen LogP contribution in [0.1, 0.15) is 49.5 Å². The van der Waals surface area contributed by atoms with E-state index in [4.69, 9.17) is 24.7 Å². The van der Waals surface area contributed by atoms with Gasteiger partial charge in [0.2, 0.25) is 0 Å². The molecule has 0 aliphatic heterocycles. The fourth-order valence-corrected chi connectivity index (χ4v) is 3.01. The zero-order valence-corrected chi connectivity index (χ0v) is 19.7. The lowest BCUT2D eigenvalue weighted by Crippen LogP contribution is -2.28. The van der Waals surface area contributed by atoms with Gasteiger partial charge in [0.25, 0.3) is 0 Å². The summed E-state index contributed by atoms with van der Waals surface area (Å²) in [6, 6.07) is 7.80. The number of hydrogen-bond donors (Lipinski definition) is 3. The maximum Gasteiger partial charge on any atom is 0.341 e. The van der Waals surface area contributed by atoms with E-state index in [9.17, 15) is 9.59 Å². The molecule has 9 nitrogen and oxygen atoms in total. The van der Waals surface area contributed by atoms with Gasteiger partial charge >= 0.3 is 12.0 Å². The number of esters is 1. The third-order valence-corrected chi connectivity index (χ3v) is 4.63. The molecule has 33 heavy (non-hydrogen) atoms. The van der Waals surface area contributed by atoms with Gasteiger partial charge in [-0.05, 0) is 44.5 Å². The minimum atomic E-state index is -0.544. The molecular weight excluding hydrogens is 426 g/mol. The van der Waals surface area contributed by atoms with Gasteiger partial charge in [-0.25, -0.2) is 9.59 Å². The highest BCUT2D eigenvalue weighted by Crippen LogP contribution is 2.31. The minimum absolute atomic E-state index is 0.184. The van der Waals surface area contributed by atoms with Crippen LogP contribution in [0.2, 0.25) is 0 Å². The normalized spacial score (nSPS) is 10.3. The third-order valence-electron chi connectivity index (χ3n) is 4.63. The molecule has 2 aromatic rings. The maximum absolute atomic E-state index is 12.5. The first-order valence-corrected chi connectivity index (χ1v) is 11.0. The van der Waals surface area contributed by atoms with Crippen molar-refractivity contribution in [3.63, 3.8) is 0 Å². The Bertz CT molecular complexity index is 948. The Morgan fingerprint density at radius 3 is 2.33 bits per heavy atom. The summed E-state index contributed by atoms with van der Waals surface area (Å²) < 4.78 is 21.7. The zero-order chi connectivity index (χ0) is 24.2. The highest BCUT2D eigenvalue weighted by atomic mass is 16.5. The number of nitrogen functional groups attached to an aromatic ring is 1. The lowest BCUT2D eigenvalue weighted by Gasteiger charge is -2.16. The summed E-state index contributed by atoms with van der Waals surface area (Å²) in [5.41, 5.74) is 7.86. The Labute approximate surface area is 194 Å². The largest absolute Gasteiger partial charge is 0.493 e. The van der Waals surface area contributed by atoms with E-state index in [0.717, 1.165) is 18.4 Å². The summed E-state index contributed by atoms with van der Waals surface area (Å²) in [5, 5.41) is 5.50. The molecule has 2 rings (SSSR count). The van der Waals surface area contributed by atoms with Crippen molar-refractivity contribution in [1.82, 2.24) is 5.32 Å². The van der Waals surface area contributed by atoms with Gasteiger partial charge < -0.3 is 35.3 Å². The second-order valence-electron chi connectivity index (χ2n) is 7.08. The van der Waals surface area contributed by atoms with Crippen molar-refractivity contribution in [3.8, 4) is 17.2 Å². The van der Waals surface area contributed by atoms with Gasteiger partial charge in [-0.1, -0.05) is 13.3 Å². The number of nitrogens with one attached hydrogen (secondary N) is 2. The number of nitrogens with two attached hydrogens (primary N) is 1. The van der Waals surface area contributed by atoms with Crippen molar-refractivity contribution in [3.05, 3.63) is 41.5 Å². The molecule has 0 atom stereocenters. The van der Waals surface area contributed by atoms with Gasteiger partial charge in [0.1, 0.15) is 22.8 Å². The number of carbonyl (C=O) groups is 2. The van der Waals surface area contributed by atoms with Crippen molar-refractivity contribution in [2.75, 3.05) is 38.0 Å². The number of urea groups is 1. The summed E-state index contributed by atoms with van der Waals surface area (Å²) in [6.07, 6.45) is 1.83. The van der Waals surface area contributed by atoms with E-state index in [1.54, 1.807) is 24.3 Å². The molecule has 2 aromatic carbocycles. The number of benzene rings is 2. The molecule has 0 unspecified atom stereocenters. The lowest BCUT2D eigenvalue weighted by molar-refractivity contribution is 0.0596. The van der Waals surface area contributed by atoms with Crippen LogP contribution in [0.5, 0.6) is 17.2 Å². The first-order chi connectivity index (χ1) is 15.9. The molecule has 0 aromatic heterocycles. The van der Waals surface area contributed by atoms with Crippen LogP contribution in [0, 0.1) is 0 Å². The van der Waals surface area contributed by atoms with Gasteiger partial charge in [0.15, 0.2) is 0 Å². The smallest absolute Gasteiger partial charge is 0.341 e. The van der Waals surface area contributed by atoms with Crippen LogP contribution >= 0.6 is 0 Å². The molecule has 0 bridgehead atoms. The lowest BCUT2D eigenvalue weighted by atomic mass is 10.1. The van der Waals surface area contributed by atoms with Crippen LogP contribution in [0.3, 0.4) is 0 Å². The van der Waals surface area contributed by atoms with Crippen molar-refractivity contribution in [2.45, 2.75) is 40.2 Å². The van der Waals surface area contributed by atoms with E-state index in [0.29, 0.717) is 48.4 Å². The van der Waals surface area contributed by atoms with Crippen LogP contribution in [-0.4, -0.2) is 38.9 Å². The fraction of sp³-hybridized carbons (Fsp3) is 0.417. The van der Waals surface area contributed by atoms with Crippen LogP contribution in [-0.2, 0) is 11.3 Å². The molecule has 0 fully saturated rings. The highest BCUT2D eigenvalue weighted by Gasteiger charge is 2.16. The van der Waals surface area contributed by atoms with Crippen molar-refractivity contribution in [2.24, 2.45) is 0 Å². The third kappa shape index (κ3) is 7.48. The maximum atomic E-state index is 12.5. The van der Waals surface area contributed by atoms with Crippen LogP contribution < -0.4 is 30.6 Å². The Morgan fingerprint density at radius 1 is 0.939 bits per heavy atom. The fourth-order valence-electron chi connectivity index (χ4n) is 3.01. The summed E-state index contributed by atoms with van der Waals surface area (Å²) >= 11 is 0. The second kappa shape index (κ2) is 13.0. The first-order valence-electron chi connectivity index (χ1n) is 11.0. The molecule has 2 amide bonds. The topological polar surface area (TPSA) is 121 Å². The number of amides is 2. The van der Waals surface area contributed by atoms with E-state index in [2.05, 4.69) is 17.6 Å². The summed E-state index contributed by atoms with van der Waals surface area (Å²) in [4.78, 5) is 24.7. The zero-order valence-electron chi connectivity index (χ0n) is 19.7. The highest BCUT2D eigenvalue weighted by molar-refractivity contribution is 5.96. The average Bonchev–Trinajstić information content (AvgIpc) is 2.80. The Hall–Kier alpha value is -3.62. The van der Waals surface area contributed by atoms with Gasteiger partial charge in [0, 0.05) is 23.9 Å². The molecule has 0 radical (unpaired) electrons. The Morgan fingerprint density at radius 2 is 1.67 bits per heavy atom. The molecule has 0 saturated carbocycles. The minimum Gasteiger partial charge on any atom is -0.493 e.